The lowest BCUT2D eigenvalue weighted by molar-refractivity contribution is 0.0187. The van der Waals surface area contributed by atoms with E-state index in [1.165, 1.54) is 0 Å². The molecular weight excluding hydrogens is 520 g/mol. The van der Waals surface area contributed by atoms with Gasteiger partial charge in [-0.15, -0.1) is 0 Å². The van der Waals surface area contributed by atoms with Gasteiger partial charge in [0.25, 0.3) is 0 Å². The summed E-state index contributed by atoms with van der Waals surface area (Å²) in [5.41, 5.74) is 0.0610. The van der Waals surface area contributed by atoms with Crippen LogP contribution < -0.4 is 0 Å². The number of carbonyl (C=O) groups is 1. The van der Waals surface area contributed by atoms with E-state index >= 15 is 0 Å². The molecule has 0 aliphatic heterocycles. The van der Waals surface area contributed by atoms with Crippen molar-refractivity contribution in [2.45, 2.75) is 58.0 Å². The summed E-state index contributed by atoms with van der Waals surface area (Å²) in [6.07, 6.45) is -0.424. The van der Waals surface area contributed by atoms with E-state index in [9.17, 15) is 10.1 Å². The van der Waals surface area contributed by atoms with Gasteiger partial charge in [-0.25, -0.2) is 4.79 Å². The first-order valence-corrected chi connectivity index (χ1v) is 11.8. The van der Waals surface area contributed by atoms with Gasteiger partial charge in [0, 0.05) is 27.4 Å². The second-order valence-corrected chi connectivity index (χ2v) is 11.5. The summed E-state index contributed by atoms with van der Waals surface area (Å²) in [5, 5.41) is 10.1. The van der Waals surface area contributed by atoms with Crippen molar-refractivity contribution in [1.82, 2.24) is 4.90 Å². The molecule has 0 spiro atoms. The molecule has 2 rings (SSSR count). The molecule has 0 saturated carbocycles. The number of carbonyl (C=O) groups excluding carboxylic acids is 1. The van der Waals surface area contributed by atoms with Crippen molar-refractivity contribution in [2.75, 3.05) is 13.1 Å². The highest BCUT2D eigenvalue weighted by molar-refractivity contribution is 9.10. The Morgan fingerprint density at radius 3 is 1.94 bits per heavy atom. The summed E-state index contributed by atoms with van der Waals surface area (Å²) in [7, 11) is 0. The minimum Gasteiger partial charge on any atom is -0.444 e. The van der Waals surface area contributed by atoms with Crippen LogP contribution in [0.15, 0.2) is 57.5 Å². The third-order valence-electron chi connectivity index (χ3n) is 5.06. The van der Waals surface area contributed by atoms with Crippen LogP contribution in [0, 0.1) is 11.3 Å². The lowest BCUT2D eigenvalue weighted by atomic mass is 9.81. The first-order valence-electron chi connectivity index (χ1n) is 10.2. The van der Waals surface area contributed by atoms with Crippen LogP contribution in [-0.4, -0.2) is 29.7 Å². The Balaban J connectivity index is 2.42. The SMILES string of the molecule is CC(C)(C)OC(=O)N(CC(C)(C)c1cccc(Br)c1)CC(C)(C#N)c1cccc(Br)c1. The van der Waals surface area contributed by atoms with Crippen LogP contribution in [0.1, 0.15) is 52.7 Å². The van der Waals surface area contributed by atoms with E-state index in [0.717, 1.165) is 20.1 Å². The fraction of sp³-hybridized carbons (Fsp3) is 0.440. The van der Waals surface area contributed by atoms with Gasteiger partial charge in [-0.3, -0.25) is 0 Å². The Morgan fingerprint density at radius 2 is 1.45 bits per heavy atom. The second-order valence-electron chi connectivity index (χ2n) is 9.68. The van der Waals surface area contributed by atoms with Crippen molar-refractivity contribution in [3.8, 4) is 6.07 Å². The number of amides is 1. The maximum Gasteiger partial charge on any atom is 0.410 e. The molecule has 0 bridgehead atoms. The Bertz CT molecular complexity index is 976. The molecule has 0 fully saturated rings. The molecule has 2 aromatic rings. The molecule has 1 amide bonds. The summed E-state index contributed by atoms with van der Waals surface area (Å²) in [5.74, 6) is 0. The van der Waals surface area contributed by atoms with Crippen LogP contribution in [0.25, 0.3) is 0 Å². The molecule has 0 heterocycles. The number of nitriles is 1. The Kier molecular flexibility index (Phi) is 7.99. The molecule has 0 aliphatic rings. The number of halogens is 2. The van der Waals surface area contributed by atoms with Gasteiger partial charge < -0.3 is 9.64 Å². The van der Waals surface area contributed by atoms with Crippen molar-refractivity contribution in [2.24, 2.45) is 0 Å². The van der Waals surface area contributed by atoms with Gasteiger partial charge in [-0.1, -0.05) is 70.0 Å². The van der Waals surface area contributed by atoms with E-state index < -0.39 is 17.1 Å². The largest absolute Gasteiger partial charge is 0.444 e. The molecule has 1 atom stereocenters. The first-order chi connectivity index (χ1) is 14.3. The summed E-state index contributed by atoms with van der Waals surface area (Å²) < 4.78 is 7.59. The predicted octanol–water partition coefficient (Wildman–Crippen LogP) is 7.21. The molecule has 1 unspecified atom stereocenters. The third kappa shape index (κ3) is 7.08. The lowest BCUT2D eigenvalue weighted by Gasteiger charge is -2.37. The Labute approximate surface area is 202 Å². The number of rotatable bonds is 6. The van der Waals surface area contributed by atoms with Gasteiger partial charge in [0.15, 0.2) is 0 Å². The van der Waals surface area contributed by atoms with Crippen molar-refractivity contribution < 1.29 is 9.53 Å². The van der Waals surface area contributed by atoms with Crippen LogP contribution in [-0.2, 0) is 15.6 Å². The normalized spacial score (nSPS) is 13.8. The topological polar surface area (TPSA) is 53.3 Å². The van der Waals surface area contributed by atoms with Crippen molar-refractivity contribution in [3.63, 3.8) is 0 Å². The average Bonchev–Trinajstić information content (AvgIpc) is 2.66. The Morgan fingerprint density at radius 1 is 0.935 bits per heavy atom. The van der Waals surface area contributed by atoms with Crippen LogP contribution >= 0.6 is 31.9 Å². The number of benzene rings is 2. The fourth-order valence-electron chi connectivity index (χ4n) is 3.39. The quantitative estimate of drug-likeness (QED) is 0.382. The van der Waals surface area contributed by atoms with Crippen molar-refractivity contribution in [3.05, 3.63) is 68.6 Å². The number of hydrogen-bond acceptors (Lipinski definition) is 3. The van der Waals surface area contributed by atoms with Crippen LogP contribution in [0.2, 0.25) is 0 Å². The highest BCUT2D eigenvalue weighted by Crippen LogP contribution is 2.31. The molecule has 6 heteroatoms. The van der Waals surface area contributed by atoms with Gasteiger partial charge in [0.1, 0.15) is 5.60 Å². The minimum atomic E-state index is -0.895. The Hall–Kier alpha value is -1.84. The van der Waals surface area contributed by atoms with E-state index in [1.807, 2.05) is 64.1 Å². The molecular formula is C25H30Br2N2O2. The highest BCUT2D eigenvalue weighted by Gasteiger charge is 2.36. The van der Waals surface area contributed by atoms with E-state index in [0.29, 0.717) is 6.54 Å². The van der Waals surface area contributed by atoms with Gasteiger partial charge in [-0.05, 0) is 63.1 Å². The molecule has 4 nitrogen and oxygen atoms in total. The standard InChI is InChI=1S/C25H30Br2N2O2/c1-23(2,3)31-22(30)29(16-24(4,5)18-9-7-11-20(26)13-18)17-25(6,15-28)19-10-8-12-21(27)14-19/h7-14H,16-17H2,1-6H3. The van der Waals surface area contributed by atoms with Gasteiger partial charge in [0.05, 0.1) is 11.5 Å². The maximum absolute atomic E-state index is 13.2. The van der Waals surface area contributed by atoms with E-state index in [2.05, 4.69) is 63.9 Å². The van der Waals surface area contributed by atoms with Crippen LogP contribution in [0.4, 0.5) is 4.79 Å². The lowest BCUT2D eigenvalue weighted by Crippen LogP contribution is -2.48. The monoisotopic (exact) mass is 548 g/mol. The second kappa shape index (κ2) is 9.75. The molecule has 0 saturated heterocycles. The number of ether oxygens (including phenoxy) is 1. The third-order valence-corrected chi connectivity index (χ3v) is 6.05. The summed E-state index contributed by atoms with van der Waals surface area (Å²) in [4.78, 5) is 14.9. The zero-order valence-electron chi connectivity index (χ0n) is 19.0. The summed E-state index contributed by atoms with van der Waals surface area (Å²) >= 11 is 7.02. The number of nitrogens with zero attached hydrogens (tertiary/aromatic N) is 2. The predicted molar refractivity (Wildman–Crippen MR) is 132 cm³/mol. The maximum atomic E-state index is 13.2. The van der Waals surface area contributed by atoms with Gasteiger partial charge >= 0.3 is 6.09 Å². The number of hydrogen-bond donors (Lipinski definition) is 0. The smallest absolute Gasteiger partial charge is 0.410 e. The zero-order valence-corrected chi connectivity index (χ0v) is 22.2. The van der Waals surface area contributed by atoms with E-state index in [1.54, 1.807) is 4.90 Å². The van der Waals surface area contributed by atoms with Crippen LogP contribution in [0.3, 0.4) is 0 Å². The molecule has 0 aliphatic carbocycles. The van der Waals surface area contributed by atoms with E-state index in [4.69, 9.17) is 4.74 Å². The fourth-order valence-corrected chi connectivity index (χ4v) is 4.19. The van der Waals surface area contributed by atoms with E-state index in [-0.39, 0.29) is 12.0 Å². The van der Waals surface area contributed by atoms with Crippen molar-refractivity contribution in [1.29, 1.82) is 5.26 Å². The molecule has 0 N–H and O–H groups in total. The minimum absolute atomic E-state index is 0.215. The van der Waals surface area contributed by atoms with Gasteiger partial charge in [0.2, 0.25) is 0 Å². The summed E-state index contributed by atoms with van der Waals surface area (Å²) in [6, 6.07) is 18.2. The zero-order chi connectivity index (χ0) is 23.4. The molecule has 31 heavy (non-hydrogen) atoms. The summed E-state index contributed by atoms with van der Waals surface area (Å²) in [6.45, 7) is 12.2. The van der Waals surface area contributed by atoms with Crippen molar-refractivity contribution >= 4 is 38.0 Å². The molecule has 2 aromatic carbocycles. The molecule has 0 radical (unpaired) electrons. The molecule has 0 aromatic heterocycles. The average molecular weight is 550 g/mol. The molecule has 166 valence electrons. The van der Waals surface area contributed by atoms with Gasteiger partial charge in [-0.2, -0.15) is 5.26 Å². The highest BCUT2D eigenvalue weighted by atomic mass is 79.9. The van der Waals surface area contributed by atoms with Crippen LogP contribution in [0.5, 0.6) is 0 Å². The first kappa shape index (κ1) is 25.4.